The van der Waals surface area contributed by atoms with Crippen molar-refractivity contribution >= 4 is 21.9 Å². The molecule has 0 bridgehead atoms. The van der Waals surface area contributed by atoms with Crippen molar-refractivity contribution in [2.45, 2.75) is 19.4 Å². The molecule has 0 spiro atoms. The molecule has 0 aliphatic heterocycles. The number of carboxylic acids is 1. The van der Waals surface area contributed by atoms with Crippen LogP contribution in [-0.4, -0.2) is 27.9 Å². The number of rotatable bonds is 4. The molecule has 1 aromatic heterocycles. The maximum Gasteiger partial charge on any atom is 0.305 e. The molecule has 6 heteroatoms. The van der Waals surface area contributed by atoms with Crippen molar-refractivity contribution in [3.05, 3.63) is 15.9 Å². The molecule has 84 valence electrons. The number of nitrogens with zero attached hydrogens (tertiary/aromatic N) is 2. The van der Waals surface area contributed by atoms with Gasteiger partial charge < -0.3 is 10.4 Å². The second-order valence-corrected chi connectivity index (χ2v) is 4.14. The predicted molar refractivity (Wildman–Crippen MR) is 59.7 cm³/mol. The molecule has 15 heavy (non-hydrogen) atoms. The standard InChI is InChI=1S/C9H14BrN3O2/c1-5-8(10)9(13(3)12-5)6(11-2)4-7(14)15/h6,11H,4H2,1-3H3,(H,14,15). The lowest BCUT2D eigenvalue weighted by molar-refractivity contribution is -0.137. The van der Waals surface area contributed by atoms with Crippen LogP contribution in [0.25, 0.3) is 0 Å². The summed E-state index contributed by atoms with van der Waals surface area (Å²) in [7, 11) is 3.54. The van der Waals surface area contributed by atoms with E-state index in [1.165, 1.54) is 0 Å². The lowest BCUT2D eigenvalue weighted by Crippen LogP contribution is -2.22. The van der Waals surface area contributed by atoms with Gasteiger partial charge in [0.15, 0.2) is 0 Å². The molecule has 0 amide bonds. The minimum atomic E-state index is -0.833. The van der Waals surface area contributed by atoms with E-state index < -0.39 is 5.97 Å². The molecule has 1 aromatic rings. The zero-order valence-electron chi connectivity index (χ0n) is 8.91. The zero-order chi connectivity index (χ0) is 11.6. The Morgan fingerprint density at radius 3 is 2.67 bits per heavy atom. The van der Waals surface area contributed by atoms with Crippen molar-refractivity contribution in [3.63, 3.8) is 0 Å². The summed E-state index contributed by atoms with van der Waals surface area (Å²) in [5, 5.41) is 16.0. The molecule has 0 aliphatic rings. The molecule has 0 radical (unpaired) electrons. The largest absolute Gasteiger partial charge is 0.481 e. The average Bonchev–Trinajstić information content (AvgIpc) is 2.38. The molecular formula is C9H14BrN3O2. The average molecular weight is 276 g/mol. The zero-order valence-corrected chi connectivity index (χ0v) is 10.5. The van der Waals surface area contributed by atoms with Crippen LogP contribution in [0.1, 0.15) is 23.9 Å². The van der Waals surface area contributed by atoms with E-state index >= 15 is 0 Å². The van der Waals surface area contributed by atoms with Gasteiger partial charge in [0.2, 0.25) is 0 Å². The van der Waals surface area contributed by atoms with Crippen LogP contribution in [-0.2, 0) is 11.8 Å². The number of carbonyl (C=O) groups is 1. The number of aromatic nitrogens is 2. The summed E-state index contributed by atoms with van der Waals surface area (Å²) in [5.74, 6) is -0.833. The molecule has 0 aromatic carbocycles. The Bertz CT molecular complexity index is 376. The summed E-state index contributed by atoms with van der Waals surface area (Å²) in [6, 6.07) is -0.233. The van der Waals surface area contributed by atoms with Gasteiger partial charge >= 0.3 is 5.97 Å². The van der Waals surface area contributed by atoms with Gasteiger partial charge in [0.05, 0.1) is 28.3 Å². The first-order valence-corrected chi connectivity index (χ1v) is 5.34. The first-order chi connectivity index (χ1) is 6.97. The van der Waals surface area contributed by atoms with Crippen molar-refractivity contribution in [3.8, 4) is 0 Å². The van der Waals surface area contributed by atoms with Crippen LogP contribution in [0.3, 0.4) is 0 Å². The third kappa shape index (κ3) is 2.57. The highest BCUT2D eigenvalue weighted by molar-refractivity contribution is 9.10. The summed E-state index contributed by atoms with van der Waals surface area (Å²) in [6.45, 7) is 1.88. The van der Waals surface area contributed by atoms with Gasteiger partial charge in [-0.3, -0.25) is 9.48 Å². The third-order valence-corrected chi connectivity index (χ3v) is 3.23. The summed E-state index contributed by atoms with van der Waals surface area (Å²) in [4.78, 5) is 10.7. The Morgan fingerprint density at radius 1 is 1.73 bits per heavy atom. The Kier molecular flexibility index (Phi) is 3.87. The van der Waals surface area contributed by atoms with Gasteiger partial charge in [-0.05, 0) is 29.9 Å². The molecule has 0 saturated carbocycles. The lowest BCUT2D eigenvalue weighted by atomic mass is 10.1. The van der Waals surface area contributed by atoms with E-state index in [9.17, 15) is 4.79 Å². The van der Waals surface area contributed by atoms with Crippen LogP contribution < -0.4 is 5.32 Å². The van der Waals surface area contributed by atoms with E-state index in [0.29, 0.717) is 0 Å². The summed E-state index contributed by atoms with van der Waals surface area (Å²) in [5.41, 5.74) is 1.72. The van der Waals surface area contributed by atoms with Gasteiger partial charge in [0.25, 0.3) is 0 Å². The Balaban J connectivity index is 3.06. The lowest BCUT2D eigenvalue weighted by Gasteiger charge is -2.14. The highest BCUT2D eigenvalue weighted by Gasteiger charge is 2.21. The van der Waals surface area contributed by atoms with Crippen molar-refractivity contribution < 1.29 is 9.90 Å². The number of halogens is 1. The van der Waals surface area contributed by atoms with Crippen molar-refractivity contribution in [1.29, 1.82) is 0 Å². The van der Waals surface area contributed by atoms with Crippen LogP contribution in [0.2, 0.25) is 0 Å². The summed E-state index contributed by atoms with van der Waals surface area (Å²) >= 11 is 3.42. The minimum absolute atomic E-state index is 0.0358. The smallest absolute Gasteiger partial charge is 0.305 e. The normalized spacial score (nSPS) is 12.8. The van der Waals surface area contributed by atoms with E-state index in [4.69, 9.17) is 5.11 Å². The van der Waals surface area contributed by atoms with Gasteiger partial charge in [-0.2, -0.15) is 5.10 Å². The second-order valence-electron chi connectivity index (χ2n) is 3.35. The monoisotopic (exact) mass is 275 g/mol. The summed E-state index contributed by atoms with van der Waals surface area (Å²) < 4.78 is 2.56. The van der Waals surface area contributed by atoms with Crippen LogP contribution in [0.4, 0.5) is 0 Å². The molecule has 1 unspecified atom stereocenters. The molecule has 1 rings (SSSR count). The highest BCUT2D eigenvalue weighted by atomic mass is 79.9. The number of nitrogens with one attached hydrogen (secondary N) is 1. The van der Waals surface area contributed by atoms with Crippen molar-refractivity contribution in [1.82, 2.24) is 15.1 Å². The van der Waals surface area contributed by atoms with Gasteiger partial charge in [-0.1, -0.05) is 0 Å². The first kappa shape index (κ1) is 12.2. The first-order valence-electron chi connectivity index (χ1n) is 4.55. The van der Waals surface area contributed by atoms with Crippen LogP contribution in [0.15, 0.2) is 4.47 Å². The minimum Gasteiger partial charge on any atom is -0.481 e. The SMILES string of the molecule is CNC(CC(=O)O)c1c(Br)c(C)nn1C. The number of hydrogen-bond donors (Lipinski definition) is 2. The number of aliphatic carboxylic acids is 1. The van der Waals surface area contributed by atoms with E-state index in [1.807, 2.05) is 6.92 Å². The molecule has 0 saturated heterocycles. The maximum atomic E-state index is 10.7. The molecule has 2 N–H and O–H groups in total. The summed E-state index contributed by atoms with van der Waals surface area (Å²) in [6.07, 6.45) is 0.0358. The van der Waals surface area contributed by atoms with Gasteiger partial charge in [0.1, 0.15) is 0 Å². The van der Waals surface area contributed by atoms with Crippen molar-refractivity contribution in [2.75, 3.05) is 7.05 Å². The number of aryl methyl sites for hydroxylation is 2. The Labute approximate surface area is 96.6 Å². The third-order valence-electron chi connectivity index (χ3n) is 2.25. The quantitative estimate of drug-likeness (QED) is 0.868. The van der Waals surface area contributed by atoms with E-state index in [-0.39, 0.29) is 12.5 Å². The van der Waals surface area contributed by atoms with Gasteiger partial charge in [0, 0.05) is 7.05 Å². The number of hydrogen-bond acceptors (Lipinski definition) is 3. The van der Waals surface area contributed by atoms with E-state index in [2.05, 4.69) is 26.3 Å². The maximum absolute atomic E-state index is 10.7. The van der Waals surface area contributed by atoms with Crippen LogP contribution >= 0.6 is 15.9 Å². The molecular weight excluding hydrogens is 262 g/mol. The predicted octanol–water partition coefficient (Wildman–Crippen LogP) is 1.23. The molecule has 1 atom stereocenters. The molecule has 5 nitrogen and oxygen atoms in total. The van der Waals surface area contributed by atoms with Crippen molar-refractivity contribution in [2.24, 2.45) is 7.05 Å². The highest BCUT2D eigenvalue weighted by Crippen LogP contribution is 2.27. The van der Waals surface area contributed by atoms with E-state index in [1.54, 1.807) is 18.8 Å². The van der Waals surface area contributed by atoms with Gasteiger partial charge in [-0.15, -0.1) is 0 Å². The Morgan fingerprint density at radius 2 is 2.33 bits per heavy atom. The Hall–Kier alpha value is -0.880. The fourth-order valence-electron chi connectivity index (χ4n) is 1.54. The topological polar surface area (TPSA) is 67.2 Å². The fraction of sp³-hybridized carbons (Fsp3) is 0.556. The van der Waals surface area contributed by atoms with Crippen LogP contribution in [0, 0.1) is 6.92 Å². The fourth-order valence-corrected chi connectivity index (χ4v) is 2.15. The molecule has 1 heterocycles. The van der Waals surface area contributed by atoms with Crippen LogP contribution in [0.5, 0.6) is 0 Å². The van der Waals surface area contributed by atoms with E-state index in [0.717, 1.165) is 15.9 Å². The molecule has 0 fully saturated rings. The van der Waals surface area contributed by atoms with Gasteiger partial charge in [-0.25, -0.2) is 0 Å². The number of carboxylic acid groups (broad SMARTS) is 1. The molecule has 0 aliphatic carbocycles. The second kappa shape index (κ2) is 4.76.